The largest absolute Gasteiger partial charge is 0.508 e. The number of urea groups is 2. The second kappa shape index (κ2) is 19.8. The van der Waals surface area contributed by atoms with Gasteiger partial charge in [0.1, 0.15) is 23.3 Å². The van der Waals surface area contributed by atoms with E-state index in [1.165, 1.54) is 12.1 Å². The molecule has 5 aliphatic heterocycles. The molecule has 74 heavy (non-hydrogen) atoms. The van der Waals surface area contributed by atoms with Crippen LogP contribution in [0.5, 0.6) is 17.2 Å². The third-order valence-electron chi connectivity index (χ3n) is 14.9. The number of phenols is 1. The number of hydrogen-bond donors (Lipinski definition) is 4. The highest BCUT2D eigenvalue weighted by Crippen LogP contribution is 2.66. The summed E-state index contributed by atoms with van der Waals surface area (Å²) in [5.74, 6) is 3.93. The number of benzene rings is 6. The average Bonchev–Trinajstić information content (AvgIpc) is 4.16. The molecule has 0 radical (unpaired) electrons. The Morgan fingerprint density at radius 1 is 0.770 bits per heavy atom. The number of nitrogens with two attached hydrogens (primary N) is 1. The van der Waals surface area contributed by atoms with Gasteiger partial charge in [-0.1, -0.05) is 121 Å². The van der Waals surface area contributed by atoms with Gasteiger partial charge in [0, 0.05) is 38.3 Å². The summed E-state index contributed by atoms with van der Waals surface area (Å²) in [5, 5.41) is 16.4. The van der Waals surface area contributed by atoms with Crippen LogP contribution < -0.4 is 30.7 Å². The fourth-order valence-electron chi connectivity index (χ4n) is 11.6. The molecule has 7 atom stereocenters. The Kier molecular flexibility index (Phi) is 12.7. The van der Waals surface area contributed by atoms with Crippen LogP contribution in [0.3, 0.4) is 0 Å². The summed E-state index contributed by atoms with van der Waals surface area (Å²) in [5.41, 5.74) is 7.98. The highest BCUT2D eigenvalue weighted by Gasteiger charge is 2.76. The number of carbonyl (C=O) groups is 5. The molecule has 3 saturated heterocycles. The first-order chi connectivity index (χ1) is 36.0. The summed E-state index contributed by atoms with van der Waals surface area (Å²) >= 11 is 0. The fourth-order valence-corrected chi connectivity index (χ4v) is 11.6. The Labute approximate surface area is 427 Å². The molecule has 6 amide bonds. The number of ether oxygens (including phenoxy) is 3. The minimum absolute atomic E-state index is 0.0420. The van der Waals surface area contributed by atoms with Gasteiger partial charge in [0.2, 0.25) is 18.6 Å². The molecule has 0 aliphatic carbocycles. The van der Waals surface area contributed by atoms with E-state index in [4.69, 9.17) is 19.9 Å². The lowest BCUT2D eigenvalue weighted by Gasteiger charge is -2.46. The molecule has 5 heterocycles. The number of primary amides is 1. The lowest BCUT2D eigenvalue weighted by molar-refractivity contribution is -0.179. The van der Waals surface area contributed by atoms with E-state index in [1.807, 2.05) is 121 Å². The van der Waals surface area contributed by atoms with Gasteiger partial charge in [-0.25, -0.2) is 14.5 Å². The monoisotopic (exact) mass is 991 g/mol. The van der Waals surface area contributed by atoms with Crippen LogP contribution in [0, 0.1) is 17.8 Å². The molecule has 5 aliphatic rings. The molecule has 3 fully saturated rings. The molecule has 374 valence electrons. The van der Waals surface area contributed by atoms with Crippen molar-refractivity contribution in [3.63, 3.8) is 0 Å². The van der Waals surface area contributed by atoms with E-state index in [0.717, 1.165) is 21.6 Å². The minimum Gasteiger partial charge on any atom is -0.508 e. The smallest absolute Gasteiger partial charge is 0.329 e. The number of hydrogen-bond acceptors (Lipinski definition) is 11. The van der Waals surface area contributed by atoms with E-state index in [0.29, 0.717) is 53.4 Å². The zero-order chi connectivity index (χ0) is 51.1. The first-order valence-electron chi connectivity index (χ1n) is 24.6. The maximum atomic E-state index is 16.8. The van der Waals surface area contributed by atoms with Gasteiger partial charge < -0.3 is 40.6 Å². The summed E-state index contributed by atoms with van der Waals surface area (Å²) in [7, 11) is 0. The molecule has 1 spiro atoms. The molecule has 6 aromatic rings. The first-order valence-corrected chi connectivity index (χ1v) is 24.6. The molecule has 0 saturated carbocycles. The van der Waals surface area contributed by atoms with E-state index in [-0.39, 0.29) is 37.9 Å². The topological polar surface area (TPSA) is 196 Å². The van der Waals surface area contributed by atoms with Gasteiger partial charge in [-0.2, -0.15) is 0 Å². The van der Waals surface area contributed by atoms with Crippen molar-refractivity contribution in [2.24, 2.45) is 11.7 Å². The molecule has 0 aromatic heterocycles. The number of nitrogens with one attached hydrogen (secondary N) is 2. The van der Waals surface area contributed by atoms with Crippen LogP contribution >= 0.6 is 0 Å². The Bertz CT molecular complexity index is 3200. The highest BCUT2D eigenvalue weighted by molar-refractivity contribution is 6.24. The number of aromatic hydroxyl groups is 1. The number of piperazine rings is 1. The zero-order valence-corrected chi connectivity index (χ0v) is 40.4. The molecule has 5 N–H and O–H groups in total. The maximum Gasteiger partial charge on any atom is 0.329 e. The number of amides is 6. The number of morpholine rings is 1. The summed E-state index contributed by atoms with van der Waals surface area (Å²) in [4.78, 5) is 82.6. The Morgan fingerprint density at radius 3 is 2.15 bits per heavy atom. The molecule has 11 rings (SSSR count). The zero-order valence-electron chi connectivity index (χ0n) is 40.4. The molecule has 0 bridgehead atoms. The number of anilines is 1. The predicted molar refractivity (Wildman–Crippen MR) is 272 cm³/mol. The average molecular weight is 992 g/mol. The van der Waals surface area contributed by atoms with Crippen molar-refractivity contribution in [1.29, 1.82) is 0 Å². The summed E-state index contributed by atoms with van der Waals surface area (Å²) in [6, 6.07) is 40.2. The van der Waals surface area contributed by atoms with Crippen LogP contribution in [0.25, 0.3) is 0 Å². The Balaban J connectivity index is 1.10. The normalized spacial score (nSPS) is 23.3. The molecular weight excluding hydrogens is 939 g/mol. The Hall–Kier alpha value is -8.65. The number of carbonyl (C=O) groups excluding carboxylic acids is 5. The summed E-state index contributed by atoms with van der Waals surface area (Å²) in [6.45, 7) is 3.93. The third kappa shape index (κ3) is 8.49. The van der Waals surface area contributed by atoms with E-state index in [1.54, 1.807) is 35.2 Å². The second-order valence-corrected chi connectivity index (χ2v) is 19.1. The van der Waals surface area contributed by atoms with Gasteiger partial charge in [-0.3, -0.25) is 24.2 Å². The van der Waals surface area contributed by atoms with E-state index in [2.05, 4.69) is 27.4 Å². The van der Waals surface area contributed by atoms with Gasteiger partial charge in [0.15, 0.2) is 11.5 Å². The van der Waals surface area contributed by atoms with Crippen LogP contribution in [-0.4, -0.2) is 95.2 Å². The number of phenolic OH excluding ortho intramolecular Hbond substituents is 1. The van der Waals surface area contributed by atoms with Crippen molar-refractivity contribution in [2.45, 2.75) is 49.2 Å². The summed E-state index contributed by atoms with van der Waals surface area (Å²) in [6.07, 6.45) is -0.926. The van der Waals surface area contributed by atoms with Gasteiger partial charge in [0.05, 0.1) is 36.3 Å². The maximum absolute atomic E-state index is 16.8. The van der Waals surface area contributed by atoms with Crippen LogP contribution in [0.15, 0.2) is 152 Å². The number of esters is 1. The van der Waals surface area contributed by atoms with E-state index >= 15 is 19.2 Å². The predicted octanol–water partition coefficient (Wildman–Crippen LogP) is 6.62. The minimum atomic E-state index is -2.04. The Morgan fingerprint density at radius 2 is 1.45 bits per heavy atom. The molecular formula is C58H53N7O9. The molecule has 16 nitrogen and oxygen atoms in total. The molecule has 16 heteroatoms. The van der Waals surface area contributed by atoms with Crippen molar-refractivity contribution in [1.82, 2.24) is 25.3 Å². The number of fused-ring (bicyclic) bond motifs is 4. The van der Waals surface area contributed by atoms with Crippen molar-refractivity contribution >= 4 is 35.5 Å². The van der Waals surface area contributed by atoms with Crippen LogP contribution in [0.1, 0.15) is 70.1 Å². The van der Waals surface area contributed by atoms with Gasteiger partial charge in [0.25, 0.3) is 0 Å². The van der Waals surface area contributed by atoms with E-state index < -0.39 is 71.5 Å². The molecule has 7 unspecified atom stereocenters. The standard InChI is InChI=1S/C58H53N7O9/c1-36(39-13-5-2-6-14-39)61-57(71)64-45-25-19-37(12-11-27-60-56(59)70)32-44(45)58(55(64)69)48(53(67)63-30-28-62(29-31-63)34-38-20-26-46-47(33-38)73-35-72-46)50-54(68)74-51(41-17-9-4-10-18-41)49(40-15-7-3-8-16-40)65(50)52(58)42-21-23-43(66)24-22-42/h2-10,13-26,32-33,36,48-52,66H,27-31,34-35H2,1H3,(H,61,71)(H3,59,60,70). The van der Waals surface area contributed by atoms with Crippen molar-refractivity contribution in [2.75, 3.05) is 44.4 Å². The number of nitrogens with zero attached hydrogens (tertiary/aromatic N) is 4. The lowest BCUT2D eigenvalue weighted by atomic mass is 9.64. The van der Waals surface area contributed by atoms with Crippen molar-refractivity contribution in [3.8, 4) is 29.1 Å². The highest BCUT2D eigenvalue weighted by atomic mass is 16.7. The number of rotatable bonds is 9. The van der Waals surface area contributed by atoms with Crippen molar-refractivity contribution < 1.29 is 43.3 Å². The van der Waals surface area contributed by atoms with Crippen LogP contribution in [0.4, 0.5) is 15.3 Å². The molecule has 6 aromatic carbocycles. The quantitative estimate of drug-likeness (QED) is 0.0898. The second-order valence-electron chi connectivity index (χ2n) is 19.1. The van der Waals surface area contributed by atoms with Crippen LogP contribution in [-0.2, 0) is 31.1 Å². The van der Waals surface area contributed by atoms with E-state index in [9.17, 15) is 9.90 Å². The first kappa shape index (κ1) is 47.7. The van der Waals surface area contributed by atoms with Gasteiger partial charge in [-0.05, 0) is 82.8 Å². The third-order valence-corrected chi connectivity index (χ3v) is 14.9. The lowest BCUT2D eigenvalue weighted by Crippen LogP contribution is -2.59. The van der Waals surface area contributed by atoms with Gasteiger partial charge >= 0.3 is 18.0 Å². The van der Waals surface area contributed by atoms with Gasteiger partial charge in [-0.15, -0.1) is 0 Å². The number of cyclic esters (lactones) is 1. The van der Waals surface area contributed by atoms with Crippen molar-refractivity contribution in [3.05, 3.63) is 191 Å². The fraction of sp³-hybridized carbons (Fsp3) is 0.259. The number of imide groups is 1. The SMILES string of the molecule is CC(NC(=O)N1C(=O)C2(c3cc(C#CCNC(N)=O)ccc31)C(C(=O)N1CCN(Cc3ccc4c(c3)OCO4)CC1)C1C(=O)OC(c3ccccc3)C(c3ccccc3)N1C2c1ccc(O)cc1)c1ccccc1. The van der Waals surface area contributed by atoms with Crippen LogP contribution in [0.2, 0.25) is 0 Å². The summed E-state index contributed by atoms with van der Waals surface area (Å²) < 4.78 is 17.8.